The zero-order valence-corrected chi connectivity index (χ0v) is 8.99. The molecule has 1 fully saturated rings. The Balaban J connectivity index is 2.28. The second kappa shape index (κ2) is 4.14. The molecule has 0 aromatic rings. The van der Waals surface area contributed by atoms with Gasteiger partial charge in [0.25, 0.3) is 0 Å². The fourth-order valence-corrected chi connectivity index (χ4v) is 2.41. The second-order valence-electron chi connectivity index (χ2n) is 4.30. The standard InChI is InChI=1S/C11H17N3O/c1-9-3-2-6-13-14-10(15)11(9)4-7-12-8-5-11/h2-3,6,9,12H,4-5,7-8H2,1H3,(H,14,15)/b3-2-,13-6-. The van der Waals surface area contributed by atoms with Gasteiger partial charge < -0.3 is 5.32 Å². The number of carbonyl (C=O) groups is 1. The van der Waals surface area contributed by atoms with Gasteiger partial charge in [-0.1, -0.05) is 13.0 Å². The Bertz CT molecular complexity index is 303. The van der Waals surface area contributed by atoms with Gasteiger partial charge in [0.05, 0.1) is 5.41 Å². The molecule has 0 saturated carbocycles. The van der Waals surface area contributed by atoms with Crippen LogP contribution in [0.15, 0.2) is 17.3 Å². The highest BCUT2D eigenvalue weighted by molar-refractivity contribution is 5.85. The van der Waals surface area contributed by atoms with E-state index >= 15 is 0 Å². The minimum atomic E-state index is -0.264. The van der Waals surface area contributed by atoms with E-state index in [0.717, 1.165) is 25.9 Å². The molecule has 4 nitrogen and oxygen atoms in total. The molecule has 0 aliphatic carbocycles. The van der Waals surface area contributed by atoms with Crippen molar-refractivity contribution in [1.82, 2.24) is 10.7 Å². The first-order chi connectivity index (χ1) is 7.26. The van der Waals surface area contributed by atoms with Gasteiger partial charge in [-0.2, -0.15) is 5.10 Å². The van der Waals surface area contributed by atoms with Crippen LogP contribution in [0.1, 0.15) is 19.8 Å². The number of nitrogens with zero attached hydrogens (tertiary/aromatic N) is 1. The third-order valence-corrected chi connectivity index (χ3v) is 3.55. The quantitative estimate of drug-likeness (QED) is 0.613. The van der Waals surface area contributed by atoms with E-state index in [-0.39, 0.29) is 17.2 Å². The Kier molecular flexibility index (Phi) is 2.86. The molecule has 1 saturated heterocycles. The number of piperidine rings is 1. The first-order valence-corrected chi connectivity index (χ1v) is 5.47. The minimum Gasteiger partial charge on any atom is -0.317 e. The zero-order chi connectivity index (χ0) is 10.7. The highest BCUT2D eigenvalue weighted by Crippen LogP contribution is 2.38. The van der Waals surface area contributed by atoms with E-state index in [1.807, 2.05) is 6.08 Å². The van der Waals surface area contributed by atoms with Crippen LogP contribution < -0.4 is 10.7 Å². The molecule has 2 heterocycles. The zero-order valence-electron chi connectivity index (χ0n) is 8.99. The maximum absolute atomic E-state index is 12.1. The average Bonchev–Trinajstić information content (AvgIpc) is 2.27. The molecule has 1 spiro atoms. The first-order valence-electron chi connectivity index (χ1n) is 5.47. The van der Waals surface area contributed by atoms with Gasteiger partial charge in [0.1, 0.15) is 0 Å². The first kappa shape index (κ1) is 10.4. The van der Waals surface area contributed by atoms with Gasteiger partial charge in [-0.15, -0.1) is 0 Å². The number of nitrogens with one attached hydrogen (secondary N) is 2. The van der Waals surface area contributed by atoms with E-state index in [0.29, 0.717) is 0 Å². The van der Waals surface area contributed by atoms with Crippen molar-refractivity contribution < 1.29 is 4.79 Å². The SMILES string of the molecule is CC1/C=C\C=N/NC(=O)C12CCNCC2. The predicted octanol–water partition coefficient (Wildman–Crippen LogP) is 0.664. The molecule has 2 aliphatic heterocycles. The summed E-state index contributed by atoms with van der Waals surface area (Å²) in [7, 11) is 0. The van der Waals surface area contributed by atoms with Gasteiger partial charge in [-0.25, -0.2) is 5.43 Å². The predicted molar refractivity (Wildman–Crippen MR) is 59.5 cm³/mol. The van der Waals surface area contributed by atoms with Crippen LogP contribution in [-0.4, -0.2) is 25.2 Å². The molecule has 1 unspecified atom stereocenters. The van der Waals surface area contributed by atoms with E-state index in [1.165, 1.54) is 0 Å². The van der Waals surface area contributed by atoms with E-state index in [9.17, 15) is 4.79 Å². The van der Waals surface area contributed by atoms with Gasteiger partial charge in [0.2, 0.25) is 5.91 Å². The van der Waals surface area contributed by atoms with Gasteiger partial charge in [-0.3, -0.25) is 4.79 Å². The van der Waals surface area contributed by atoms with Crippen LogP contribution in [0.2, 0.25) is 0 Å². The van der Waals surface area contributed by atoms with Gasteiger partial charge in [-0.05, 0) is 37.9 Å². The Labute approximate surface area is 89.8 Å². The Morgan fingerprint density at radius 3 is 2.93 bits per heavy atom. The summed E-state index contributed by atoms with van der Waals surface area (Å²) in [6, 6.07) is 0. The maximum Gasteiger partial charge on any atom is 0.246 e. The topological polar surface area (TPSA) is 53.5 Å². The lowest BCUT2D eigenvalue weighted by atomic mass is 9.69. The van der Waals surface area contributed by atoms with Crippen molar-refractivity contribution in [3.05, 3.63) is 12.2 Å². The number of hydrogen-bond donors (Lipinski definition) is 2. The molecule has 1 amide bonds. The number of carbonyl (C=O) groups excluding carboxylic acids is 1. The molecule has 4 heteroatoms. The van der Waals surface area contributed by atoms with Crippen molar-refractivity contribution in [3.8, 4) is 0 Å². The van der Waals surface area contributed by atoms with Crippen LogP contribution in [0.5, 0.6) is 0 Å². The monoisotopic (exact) mass is 207 g/mol. The molecular formula is C11H17N3O. The number of amides is 1. The fraction of sp³-hybridized carbons (Fsp3) is 0.636. The molecule has 15 heavy (non-hydrogen) atoms. The van der Waals surface area contributed by atoms with E-state index < -0.39 is 0 Å². The molecule has 0 aromatic carbocycles. The van der Waals surface area contributed by atoms with E-state index in [1.54, 1.807) is 6.21 Å². The molecule has 2 rings (SSSR count). The number of rotatable bonds is 0. The van der Waals surface area contributed by atoms with Crippen LogP contribution >= 0.6 is 0 Å². The van der Waals surface area contributed by atoms with Crippen LogP contribution in [0, 0.1) is 11.3 Å². The van der Waals surface area contributed by atoms with Gasteiger partial charge in [0, 0.05) is 6.21 Å². The molecule has 2 aliphatic rings. The highest BCUT2D eigenvalue weighted by Gasteiger charge is 2.43. The molecule has 1 atom stereocenters. The number of allylic oxidation sites excluding steroid dienone is 2. The van der Waals surface area contributed by atoms with Crippen molar-refractivity contribution >= 4 is 12.1 Å². The maximum atomic E-state index is 12.1. The van der Waals surface area contributed by atoms with Crippen LogP contribution in [-0.2, 0) is 4.79 Å². The summed E-state index contributed by atoms with van der Waals surface area (Å²) < 4.78 is 0. The molecular weight excluding hydrogens is 190 g/mol. The summed E-state index contributed by atoms with van der Waals surface area (Å²) in [5, 5.41) is 7.16. The Morgan fingerprint density at radius 1 is 1.47 bits per heavy atom. The smallest absolute Gasteiger partial charge is 0.246 e. The third-order valence-electron chi connectivity index (χ3n) is 3.55. The number of hydrazone groups is 1. The lowest BCUT2D eigenvalue weighted by Gasteiger charge is -2.39. The van der Waals surface area contributed by atoms with Gasteiger partial charge >= 0.3 is 0 Å². The number of hydrogen-bond acceptors (Lipinski definition) is 3. The van der Waals surface area contributed by atoms with Crippen LogP contribution in [0.3, 0.4) is 0 Å². The molecule has 0 bridgehead atoms. The largest absolute Gasteiger partial charge is 0.317 e. The summed E-state index contributed by atoms with van der Waals surface area (Å²) >= 11 is 0. The lowest BCUT2D eigenvalue weighted by Crippen LogP contribution is -2.50. The van der Waals surface area contributed by atoms with Crippen molar-refractivity contribution in [2.75, 3.05) is 13.1 Å². The lowest BCUT2D eigenvalue weighted by molar-refractivity contribution is -0.134. The Hall–Kier alpha value is -1.16. The van der Waals surface area contributed by atoms with Crippen LogP contribution in [0.4, 0.5) is 0 Å². The van der Waals surface area contributed by atoms with Crippen molar-refractivity contribution in [3.63, 3.8) is 0 Å². The molecule has 82 valence electrons. The molecule has 0 aromatic heterocycles. The third kappa shape index (κ3) is 1.81. The average molecular weight is 207 g/mol. The summed E-state index contributed by atoms with van der Waals surface area (Å²) in [4.78, 5) is 12.1. The van der Waals surface area contributed by atoms with E-state index in [2.05, 4.69) is 28.8 Å². The summed E-state index contributed by atoms with van der Waals surface area (Å²) in [6.45, 7) is 3.94. The normalized spacial score (nSPS) is 33.9. The summed E-state index contributed by atoms with van der Waals surface area (Å²) in [5.74, 6) is 0.337. The summed E-state index contributed by atoms with van der Waals surface area (Å²) in [5.41, 5.74) is 2.36. The fourth-order valence-electron chi connectivity index (χ4n) is 2.41. The second-order valence-corrected chi connectivity index (χ2v) is 4.30. The molecule has 2 N–H and O–H groups in total. The highest BCUT2D eigenvalue weighted by atomic mass is 16.2. The van der Waals surface area contributed by atoms with E-state index in [4.69, 9.17) is 0 Å². The van der Waals surface area contributed by atoms with Crippen LogP contribution in [0.25, 0.3) is 0 Å². The molecule has 0 radical (unpaired) electrons. The van der Waals surface area contributed by atoms with Crippen molar-refractivity contribution in [2.45, 2.75) is 19.8 Å². The Morgan fingerprint density at radius 2 is 2.20 bits per heavy atom. The summed E-state index contributed by atoms with van der Waals surface area (Å²) in [6.07, 6.45) is 7.39. The minimum absolute atomic E-state index is 0.0668. The van der Waals surface area contributed by atoms with Crippen molar-refractivity contribution in [1.29, 1.82) is 0 Å². The van der Waals surface area contributed by atoms with Gasteiger partial charge in [0.15, 0.2) is 0 Å². The van der Waals surface area contributed by atoms with Crippen molar-refractivity contribution in [2.24, 2.45) is 16.4 Å².